The predicted molar refractivity (Wildman–Crippen MR) is 134 cm³/mol. The SMILES string of the molecule is CC#N.CC(C)(C)C(=O)Nc1cccc(CN(Cc2cccc(N)n2)Cc2cccc(N)n2)n1.[O-][Cl+3]([O-])([O-])[O-].[O-][Cl+3]([O-])([O-])[O-].[Zn+2]. The van der Waals surface area contributed by atoms with Crippen molar-refractivity contribution >= 4 is 23.4 Å². The van der Waals surface area contributed by atoms with Crippen LogP contribution in [0.5, 0.6) is 0 Å². The van der Waals surface area contributed by atoms with Crippen LogP contribution in [0.2, 0.25) is 0 Å². The van der Waals surface area contributed by atoms with E-state index in [1.165, 1.54) is 6.92 Å². The number of hydrogen-bond donors (Lipinski definition) is 3. The van der Waals surface area contributed by atoms with E-state index in [1.54, 1.807) is 24.3 Å². The van der Waals surface area contributed by atoms with Gasteiger partial charge in [0.25, 0.3) is 0 Å². The summed E-state index contributed by atoms with van der Waals surface area (Å²) in [6.45, 7) is 8.68. The molecule has 0 unspecified atom stereocenters. The molecule has 3 aromatic heterocycles. The maximum atomic E-state index is 12.3. The second-order valence-corrected chi connectivity index (χ2v) is 11.0. The third kappa shape index (κ3) is 25.8. The Bertz CT molecular complexity index is 1280. The number of nitrogens with one attached hydrogen (secondary N) is 1. The van der Waals surface area contributed by atoms with Crippen LogP contribution in [0.3, 0.4) is 0 Å². The third-order valence-electron chi connectivity index (χ3n) is 4.54. The number of nitriles is 1. The van der Waals surface area contributed by atoms with E-state index >= 15 is 0 Å². The number of nitrogen functional groups attached to an aromatic ring is 2. The molecule has 0 atom stereocenters. The molecule has 3 heterocycles. The van der Waals surface area contributed by atoms with E-state index in [-0.39, 0.29) is 25.4 Å². The van der Waals surface area contributed by atoms with Crippen LogP contribution in [0.15, 0.2) is 54.6 Å². The molecule has 0 spiro atoms. The smallest absolute Gasteiger partial charge is 0.384 e. The molecule has 0 aliphatic rings. The molecule has 3 rings (SSSR count). The van der Waals surface area contributed by atoms with Gasteiger partial charge in [0, 0.05) is 32.0 Å². The normalized spacial score (nSPS) is 10.8. The standard InChI is InChI=1S/C23H29N7O.C2H3N.2ClHO4.Zn/c1-23(2,3)22(31)29-21-12-6-9-18(28-21)15-30(13-16-7-4-10-19(24)26-16)14-17-8-5-11-20(25)27-17;1-2-3;2*2-1(3,4)5;/h4-12H,13-15H2,1-3H3,(H2,24,26)(H2,25,27)(H,28,29,31);1H3;2*(H,2,3,4,5);/q;;;;+2/p-2. The quantitative estimate of drug-likeness (QED) is 0.191. The minimum absolute atomic E-state index is 0. The van der Waals surface area contributed by atoms with Crippen LogP contribution in [0.25, 0.3) is 0 Å². The van der Waals surface area contributed by atoms with E-state index in [4.69, 9.17) is 54.0 Å². The number of carbonyl (C=O) groups is 1. The molecule has 0 fully saturated rings. The second kappa shape index (κ2) is 20.8. The molecule has 45 heavy (non-hydrogen) atoms. The molecule has 0 radical (unpaired) electrons. The Morgan fingerprint density at radius 2 is 1.09 bits per heavy atom. The maximum Gasteiger partial charge on any atom is 2.00 e. The molecule has 3 aromatic rings. The van der Waals surface area contributed by atoms with Crippen LogP contribution in [0.1, 0.15) is 44.8 Å². The predicted octanol–water partition coefficient (Wildman–Crippen LogP) is -5.76. The van der Waals surface area contributed by atoms with Crippen LogP contribution in [0, 0.1) is 37.2 Å². The van der Waals surface area contributed by atoms with Gasteiger partial charge in [-0.25, -0.2) is 52.2 Å². The van der Waals surface area contributed by atoms with Gasteiger partial charge in [-0.05, 0) is 36.4 Å². The van der Waals surface area contributed by atoms with Crippen LogP contribution >= 0.6 is 0 Å². The molecule has 242 valence electrons. The summed E-state index contributed by atoms with van der Waals surface area (Å²) in [6, 6.07) is 18.5. The molecule has 20 heteroatoms. The molecule has 0 bridgehead atoms. The number of aromatic nitrogens is 3. The number of halogens is 2. The Labute approximate surface area is 277 Å². The Morgan fingerprint density at radius 3 is 1.40 bits per heavy atom. The molecule has 5 N–H and O–H groups in total. The molecule has 1 amide bonds. The van der Waals surface area contributed by atoms with Crippen molar-refractivity contribution in [2.24, 2.45) is 5.41 Å². The van der Waals surface area contributed by atoms with Crippen molar-refractivity contribution in [3.05, 3.63) is 71.7 Å². The van der Waals surface area contributed by atoms with Crippen LogP contribution in [-0.2, 0) is 43.9 Å². The number of carbonyl (C=O) groups excluding carboxylic acids is 1. The van der Waals surface area contributed by atoms with Crippen LogP contribution < -0.4 is 54.1 Å². The minimum atomic E-state index is -4.94. The summed E-state index contributed by atoms with van der Waals surface area (Å²) in [5, 5.41) is 10.2. The number of amides is 1. The first-order valence-corrected chi connectivity index (χ1v) is 14.5. The van der Waals surface area contributed by atoms with Gasteiger partial charge in [0.15, 0.2) is 0 Å². The summed E-state index contributed by atoms with van der Waals surface area (Å²) in [5.74, 6) is 1.40. The molecule has 0 aliphatic heterocycles. The molecule has 0 aromatic carbocycles. The summed E-state index contributed by atoms with van der Waals surface area (Å²) in [4.78, 5) is 27.9. The van der Waals surface area contributed by atoms with Crippen molar-refractivity contribution in [2.45, 2.75) is 47.3 Å². The van der Waals surface area contributed by atoms with Gasteiger partial charge in [-0.2, -0.15) is 5.26 Å². The molecule has 0 saturated heterocycles. The Balaban J connectivity index is 0. The average Bonchev–Trinajstić information content (AvgIpc) is 2.82. The van der Waals surface area contributed by atoms with Crippen molar-refractivity contribution in [3.8, 4) is 6.07 Å². The first-order chi connectivity index (χ1) is 20.1. The van der Waals surface area contributed by atoms with Gasteiger partial charge < -0.3 is 16.8 Å². The van der Waals surface area contributed by atoms with Crippen molar-refractivity contribution in [3.63, 3.8) is 0 Å². The van der Waals surface area contributed by atoms with Gasteiger partial charge in [0.05, 0.1) is 23.2 Å². The number of pyridine rings is 3. The zero-order valence-corrected chi connectivity index (χ0v) is 29.3. The van der Waals surface area contributed by atoms with E-state index in [0.29, 0.717) is 37.1 Å². The Kier molecular flexibility index (Phi) is 20.3. The van der Waals surface area contributed by atoms with Crippen molar-refractivity contribution in [2.75, 3.05) is 16.8 Å². The van der Waals surface area contributed by atoms with Gasteiger partial charge >= 0.3 is 19.5 Å². The second-order valence-electron chi connectivity index (χ2n) is 9.45. The fraction of sp³-hybridized carbons (Fsp3) is 0.320. The summed E-state index contributed by atoms with van der Waals surface area (Å²) in [7, 11) is -9.89. The van der Waals surface area contributed by atoms with E-state index in [0.717, 1.165) is 17.1 Å². The van der Waals surface area contributed by atoms with Gasteiger partial charge in [-0.3, -0.25) is 9.69 Å². The number of rotatable bonds is 7. The van der Waals surface area contributed by atoms with Gasteiger partial charge in [0.2, 0.25) is 5.91 Å². The molecule has 17 nitrogen and oxygen atoms in total. The van der Waals surface area contributed by atoms with Gasteiger partial charge in [-0.1, -0.05) is 39.0 Å². The topological polar surface area (TPSA) is 331 Å². The van der Waals surface area contributed by atoms with Crippen molar-refractivity contribution < 1.29 is 82.0 Å². The fourth-order valence-electron chi connectivity index (χ4n) is 2.97. The summed E-state index contributed by atoms with van der Waals surface area (Å²) >= 11 is 0. The Hall–Kier alpha value is -3.15. The molecular weight excluding hydrogens is 693 g/mol. The molecule has 0 saturated carbocycles. The monoisotopic (exact) mass is 722 g/mol. The van der Waals surface area contributed by atoms with Gasteiger partial charge in [0.1, 0.15) is 17.5 Å². The van der Waals surface area contributed by atoms with Crippen LogP contribution in [-0.4, -0.2) is 25.8 Å². The van der Waals surface area contributed by atoms with Crippen LogP contribution in [0.4, 0.5) is 17.5 Å². The first kappa shape index (κ1) is 44.0. The average molecular weight is 725 g/mol. The zero-order valence-electron chi connectivity index (χ0n) is 24.8. The summed E-state index contributed by atoms with van der Waals surface area (Å²) < 4.78 is 67.9. The largest absolute Gasteiger partial charge is 2.00 e. The maximum absolute atomic E-state index is 12.3. The van der Waals surface area contributed by atoms with E-state index in [2.05, 4.69) is 25.2 Å². The van der Waals surface area contributed by atoms with Crippen molar-refractivity contribution in [1.82, 2.24) is 19.9 Å². The number of nitrogens with zero attached hydrogens (tertiary/aromatic N) is 5. The Morgan fingerprint density at radius 1 is 0.778 bits per heavy atom. The molecule has 0 aliphatic carbocycles. The first-order valence-electron chi connectivity index (χ1n) is 12.1. The summed E-state index contributed by atoms with van der Waals surface area (Å²) in [6.07, 6.45) is 0. The van der Waals surface area contributed by atoms with Crippen molar-refractivity contribution in [1.29, 1.82) is 5.26 Å². The van der Waals surface area contributed by atoms with Gasteiger partial charge in [-0.15, -0.1) is 20.5 Å². The number of hydrogen-bond acceptors (Lipinski definition) is 16. The third-order valence-corrected chi connectivity index (χ3v) is 4.54. The number of nitrogens with two attached hydrogens (primary N) is 2. The van der Waals surface area contributed by atoms with E-state index in [1.807, 2.05) is 57.2 Å². The number of anilines is 3. The van der Waals surface area contributed by atoms with E-state index in [9.17, 15) is 4.79 Å². The molecular formula is C25H32Cl2N8O9Zn. The summed E-state index contributed by atoms with van der Waals surface area (Å²) in [5.41, 5.74) is 13.7. The van der Waals surface area contributed by atoms with E-state index < -0.39 is 25.9 Å². The minimum Gasteiger partial charge on any atom is -0.384 e. The zero-order chi connectivity index (χ0) is 34.1. The fourth-order valence-corrected chi connectivity index (χ4v) is 2.97.